The highest BCUT2D eigenvalue weighted by Gasteiger charge is 2.17. The number of carbonyl (C=O) groups excluding carboxylic acids is 1. The fourth-order valence-electron chi connectivity index (χ4n) is 1.58. The number of carbonyl (C=O) groups is 1. The zero-order valence-electron chi connectivity index (χ0n) is 9.45. The summed E-state index contributed by atoms with van der Waals surface area (Å²) in [7, 11) is 0. The highest BCUT2D eigenvalue weighted by Crippen LogP contribution is 2.27. The molecule has 0 spiro atoms. The summed E-state index contributed by atoms with van der Waals surface area (Å²) in [5.74, 6) is 0.299. The summed E-state index contributed by atoms with van der Waals surface area (Å²) < 4.78 is 6.60. The molecule has 0 radical (unpaired) electrons. The topological polar surface area (TPSA) is 69.1 Å². The minimum absolute atomic E-state index is 0.183. The summed E-state index contributed by atoms with van der Waals surface area (Å²) in [4.78, 5) is 15.3. The number of oxazole rings is 1. The number of aromatic nitrogens is 1. The fourth-order valence-corrected chi connectivity index (χ4v) is 1.91. The second kappa shape index (κ2) is 4.48. The van der Waals surface area contributed by atoms with Crippen LogP contribution >= 0.6 is 22.6 Å². The number of benzene rings is 1. The summed E-state index contributed by atoms with van der Waals surface area (Å²) in [6.07, 6.45) is 0. The predicted octanol–water partition coefficient (Wildman–Crippen LogP) is 2.66. The van der Waals surface area contributed by atoms with Crippen molar-refractivity contribution >= 4 is 28.5 Å². The Morgan fingerprint density at radius 1 is 1.41 bits per heavy atom. The van der Waals surface area contributed by atoms with E-state index >= 15 is 0 Å². The van der Waals surface area contributed by atoms with Gasteiger partial charge in [0.25, 0.3) is 5.91 Å². The number of rotatable bonds is 2. The molecule has 1 heterocycles. The van der Waals surface area contributed by atoms with Gasteiger partial charge in [-0.1, -0.05) is 6.07 Å². The van der Waals surface area contributed by atoms with Crippen molar-refractivity contribution in [1.29, 1.82) is 0 Å². The SMILES string of the molecule is Cc1nc(C(N)=O)c(-c2ccc(I)c(C)c2)o1. The standard InChI is InChI=1S/C12H11IN2O2/c1-6-5-8(3-4-9(6)13)11-10(12(14)16)15-7(2)17-11/h3-5H,1-2H3,(H2,14,16). The molecule has 4 nitrogen and oxygen atoms in total. The molecule has 0 bridgehead atoms. The lowest BCUT2D eigenvalue weighted by molar-refractivity contribution is 0.0996. The maximum Gasteiger partial charge on any atom is 0.271 e. The number of aryl methyl sites for hydroxylation is 2. The maximum absolute atomic E-state index is 11.3. The number of halogens is 1. The van der Waals surface area contributed by atoms with Gasteiger partial charge in [0.05, 0.1) is 0 Å². The van der Waals surface area contributed by atoms with Crippen molar-refractivity contribution in [2.45, 2.75) is 13.8 Å². The number of primary amides is 1. The van der Waals surface area contributed by atoms with Crippen LogP contribution in [0.3, 0.4) is 0 Å². The number of amides is 1. The van der Waals surface area contributed by atoms with Crippen LogP contribution in [0.5, 0.6) is 0 Å². The molecule has 0 fully saturated rings. The molecule has 88 valence electrons. The van der Waals surface area contributed by atoms with E-state index in [1.165, 1.54) is 0 Å². The van der Waals surface area contributed by atoms with Gasteiger partial charge in [0, 0.05) is 16.1 Å². The lowest BCUT2D eigenvalue weighted by Crippen LogP contribution is -2.12. The van der Waals surface area contributed by atoms with Crippen molar-refractivity contribution in [3.8, 4) is 11.3 Å². The molecule has 0 saturated carbocycles. The molecular formula is C12H11IN2O2. The number of nitrogens with two attached hydrogens (primary N) is 1. The lowest BCUT2D eigenvalue weighted by atomic mass is 10.1. The Morgan fingerprint density at radius 3 is 2.71 bits per heavy atom. The van der Waals surface area contributed by atoms with Crippen molar-refractivity contribution < 1.29 is 9.21 Å². The third-order valence-electron chi connectivity index (χ3n) is 2.39. The molecule has 0 unspecified atom stereocenters. The summed E-state index contributed by atoms with van der Waals surface area (Å²) in [5, 5.41) is 0. The molecule has 1 aromatic carbocycles. The minimum Gasteiger partial charge on any atom is -0.440 e. The first-order valence-electron chi connectivity index (χ1n) is 5.03. The van der Waals surface area contributed by atoms with E-state index in [2.05, 4.69) is 27.6 Å². The molecule has 0 atom stereocenters. The largest absolute Gasteiger partial charge is 0.440 e. The van der Waals surface area contributed by atoms with E-state index in [9.17, 15) is 4.79 Å². The van der Waals surface area contributed by atoms with E-state index in [4.69, 9.17) is 10.2 Å². The molecule has 0 aliphatic carbocycles. The molecule has 0 saturated heterocycles. The van der Waals surface area contributed by atoms with Crippen LogP contribution in [0.1, 0.15) is 21.9 Å². The van der Waals surface area contributed by atoms with Crippen LogP contribution in [0.4, 0.5) is 0 Å². The highest BCUT2D eigenvalue weighted by atomic mass is 127. The first kappa shape index (κ1) is 12.1. The smallest absolute Gasteiger partial charge is 0.271 e. The Kier molecular flexibility index (Phi) is 3.19. The van der Waals surface area contributed by atoms with Crippen molar-refractivity contribution in [2.75, 3.05) is 0 Å². The lowest BCUT2D eigenvalue weighted by Gasteiger charge is -2.02. The number of hydrogen-bond donors (Lipinski definition) is 1. The zero-order chi connectivity index (χ0) is 12.6. The first-order valence-corrected chi connectivity index (χ1v) is 6.10. The van der Waals surface area contributed by atoms with Gasteiger partial charge >= 0.3 is 0 Å². The Hall–Kier alpha value is -1.37. The van der Waals surface area contributed by atoms with Crippen molar-refractivity contribution in [3.63, 3.8) is 0 Å². The molecule has 2 N–H and O–H groups in total. The Balaban J connectivity index is 2.59. The second-order valence-electron chi connectivity index (χ2n) is 3.74. The normalized spacial score (nSPS) is 10.5. The maximum atomic E-state index is 11.3. The number of nitrogens with zero attached hydrogens (tertiary/aromatic N) is 1. The van der Waals surface area contributed by atoms with Crippen LogP contribution in [-0.4, -0.2) is 10.9 Å². The average molecular weight is 342 g/mol. The third-order valence-corrected chi connectivity index (χ3v) is 3.60. The molecule has 1 amide bonds. The minimum atomic E-state index is -0.576. The van der Waals surface area contributed by atoms with Gasteiger partial charge in [0.2, 0.25) is 0 Å². The van der Waals surface area contributed by atoms with Crippen LogP contribution < -0.4 is 5.73 Å². The van der Waals surface area contributed by atoms with E-state index in [0.29, 0.717) is 11.7 Å². The van der Waals surface area contributed by atoms with Crippen LogP contribution in [-0.2, 0) is 0 Å². The Labute approximate surface area is 112 Å². The second-order valence-corrected chi connectivity index (χ2v) is 4.90. The van der Waals surface area contributed by atoms with E-state index in [0.717, 1.165) is 14.7 Å². The van der Waals surface area contributed by atoms with Gasteiger partial charge in [0.15, 0.2) is 17.3 Å². The van der Waals surface area contributed by atoms with Gasteiger partial charge in [-0.3, -0.25) is 4.79 Å². The molecule has 5 heteroatoms. The van der Waals surface area contributed by atoms with Crippen LogP contribution in [0.15, 0.2) is 22.6 Å². The van der Waals surface area contributed by atoms with Gasteiger partial charge in [0.1, 0.15) is 0 Å². The molecule has 0 aliphatic rings. The van der Waals surface area contributed by atoms with E-state index in [1.54, 1.807) is 6.92 Å². The highest BCUT2D eigenvalue weighted by molar-refractivity contribution is 14.1. The zero-order valence-corrected chi connectivity index (χ0v) is 11.6. The molecule has 1 aromatic heterocycles. The molecule has 2 aromatic rings. The van der Waals surface area contributed by atoms with Gasteiger partial charge in [-0.05, 0) is 47.2 Å². The van der Waals surface area contributed by atoms with Crippen molar-refractivity contribution in [3.05, 3.63) is 38.9 Å². The third kappa shape index (κ3) is 2.33. The van der Waals surface area contributed by atoms with Gasteiger partial charge < -0.3 is 10.2 Å². The molecule has 2 rings (SSSR count). The molecule has 17 heavy (non-hydrogen) atoms. The summed E-state index contributed by atoms with van der Waals surface area (Å²) in [6, 6.07) is 5.81. The van der Waals surface area contributed by atoms with Crippen LogP contribution in [0.25, 0.3) is 11.3 Å². The number of hydrogen-bond acceptors (Lipinski definition) is 3. The monoisotopic (exact) mass is 342 g/mol. The summed E-state index contributed by atoms with van der Waals surface area (Å²) in [5.41, 5.74) is 7.39. The first-order chi connectivity index (χ1) is 7.99. The fraction of sp³-hybridized carbons (Fsp3) is 0.167. The Bertz CT molecular complexity index is 590. The van der Waals surface area contributed by atoms with Crippen LogP contribution in [0.2, 0.25) is 0 Å². The van der Waals surface area contributed by atoms with E-state index < -0.39 is 5.91 Å². The van der Waals surface area contributed by atoms with Crippen LogP contribution in [0, 0.1) is 17.4 Å². The molecular weight excluding hydrogens is 331 g/mol. The Morgan fingerprint density at radius 2 is 2.12 bits per heavy atom. The predicted molar refractivity (Wildman–Crippen MR) is 72.6 cm³/mol. The summed E-state index contributed by atoms with van der Waals surface area (Å²) in [6.45, 7) is 3.69. The summed E-state index contributed by atoms with van der Waals surface area (Å²) >= 11 is 2.25. The van der Waals surface area contributed by atoms with E-state index in [-0.39, 0.29) is 5.69 Å². The van der Waals surface area contributed by atoms with E-state index in [1.807, 2.05) is 25.1 Å². The van der Waals surface area contributed by atoms with Gasteiger partial charge in [-0.25, -0.2) is 4.98 Å². The average Bonchev–Trinajstić information content (AvgIpc) is 2.64. The molecule has 0 aliphatic heterocycles. The van der Waals surface area contributed by atoms with Crippen molar-refractivity contribution in [1.82, 2.24) is 4.98 Å². The quantitative estimate of drug-likeness (QED) is 0.853. The van der Waals surface area contributed by atoms with Gasteiger partial charge in [-0.15, -0.1) is 0 Å². The van der Waals surface area contributed by atoms with Gasteiger partial charge in [-0.2, -0.15) is 0 Å². The van der Waals surface area contributed by atoms with Crippen molar-refractivity contribution in [2.24, 2.45) is 5.73 Å².